The molecule has 0 saturated heterocycles. The van der Waals surface area contributed by atoms with Crippen LogP contribution in [0.15, 0.2) is 35.7 Å². The standard InChI is InChI=1S/C22H24N2OS/c1-13-6-7-18(15(3)8-13)11-20(25)24-22-23-19(12-26-22)21-16(4)9-14(2)10-17(21)5/h6-10,12H,11H2,1-5H3,(H,23,24,25). The van der Waals surface area contributed by atoms with Gasteiger partial charge in [0, 0.05) is 10.9 Å². The Balaban J connectivity index is 1.75. The summed E-state index contributed by atoms with van der Waals surface area (Å²) in [6.45, 7) is 10.4. The minimum absolute atomic E-state index is 0.0322. The first-order valence-corrected chi connectivity index (χ1v) is 9.61. The third kappa shape index (κ3) is 4.02. The molecule has 2 aromatic carbocycles. The zero-order valence-electron chi connectivity index (χ0n) is 15.9. The highest BCUT2D eigenvalue weighted by molar-refractivity contribution is 7.14. The van der Waals surface area contributed by atoms with Gasteiger partial charge < -0.3 is 5.32 Å². The number of carbonyl (C=O) groups excluding carboxylic acids is 1. The number of rotatable bonds is 4. The highest BCUT2D eigenvalue weighted by atomic mass is 32.1. The van der Waals surface area contributed by atoms with Gasteiger partial charge in [0.15, 0.2) is 5.13 Å². The maximum absolute atomic E-state index is 12.4. The number of amides is 1. The largest absolute Gasteiger partial charge is 0.302 e. The lowest BCUT2D eigenvalue weighted by Crippen LogP contribution is -2.15. The average molecular weight is 365 g/mol. The zero-order valence-corrected chi connectivity index (χ0v) is 16.8. The number of hydrogen-bond acceptors (Lipinski definition) is 3. The van der Waals surface area contributed by atoms with E-state index in [0.717, 1.165) is 22.4 Å². The van der Waals surface area contributed by atoms with Crippen LogP contribution in [0.1, 0.15) is 33.4 Å². The Labute approximate surface area is 159 Å². The maximum atomic E-state index is 12.4. The fourth-order valence-corrected chi connectivity index (χ4v) is 4.13. The molecule has 0 fully saturated rings. The summed E-state index contributed by atoms with van der Waals surface area (Å²) in [5, 5.41) is 5.60. The van der Waals surface area contributed by atoms with Crippen molar-refractivity contribution >= 4 is 22.4 Å². The molecule has 134 valence electrons. The number of nitrogens with zero attached hydrogens (tertiary/aromatic N) is 1. The van der Waals surface area contributed by atoms with Crippen LogP contribution in [0.25, 0.3) is 11.3 Å². The molecule has 0 bridgehead atoms. The summed E-state index contributed by atoms with van der Waals surface area (Å²) in [6.07, 6.45) is 0.365. The fourth-order valence-electron chi connectivity index (χ4n) is 3.41. The molecule has 1 heterocycles. The molecule has 1 N–H and O–H groups in total. The van der Waals surface area contributed by atoms with Crippen LogP contribution in [0.2, 0.25) is 0 Å². The Morgan fingerprint density at radius 2 is 1.62 bits per heavy atom. The smallest absolute Gasteiger partial charge is 0.230 e. The van der Waals surface area contributed by atoms with Crippen LogP contribution >= 0.6 is 11.3 Å². The summed E-state index contributed by atoms with van der Waals surface area (Å²) >= 11 is 1.47. The molecule has 0 atom stereocenters. The van der Waals surface area contributed by atoms with Crippen LogP contribution in [0.5, 0.6) is 0 Å². The van der Waals surface area contributed by atoms with Crippen LogP contribution in [-0.2, 0) is 11.2 Å². The van der Waals surface area contributed by atoms with Crippen LogP contribution in [0.4, 0.5) is 5.13 Å². The minimum atomic E-state index is -0.0322. The number of anilines is 1. The Kier molecular flexibility index (Phi) is 5.23. The predicted molar refractivity (Wildman–Crippen MR) is 110 cm³/mol. The average Bonchev–Trinajstić information content (AvgIpc) is 2.97. The molecule has 3 nitrogen and oxygen atoms in total. The van der Waals surface area contributed by atoms with Crippen molar-refractivity contribution < 1.29 is 4.79 Å². The molecular formula is C22H24N2OS. The fraction of sp³-hybridized carbons (Fsp3) is 0.273. The van der Waals surface area contributed by atoms with E-state index in [9.17, 15) is 4.79 Å². The molecule has 26 heavy (non-hydrogen) atoms. The van der Waals surface area contributed by atoms with E-state index in [1.54, 1.807) is 0 Å². The molecule has 0 unspecified atom stereocenters. The number of thiazole rings is 1. The number of benzene rings is 2. The molecule has 1 aromatic heterocycles. The van der Waals surface area contributed by atoms with Gasteiger partial charge in [0.05, 0.1) is 12.1 Å². The molecule has 3 aromatic rings. The van der Waals surface area contributed by atoms with Crippen molar-refractivity contribution in [1.29, 1.82) is 0 Å². The van der Waals surface area contributed by atoms with Crippen molar-refractivity contribution in [3.05, 3.63) is 69.1 Å². The molecule has 3 rings (SSSR count). The Morgan fingerprint density at radius 3 is 2.27 bits per heavy atom. The first-order valence-electron chi connectivity index (χ1n) is 8.73. The van der Waals surface area contributed by atoms with Gasteiger partial charge in [-0.1, -0.05) is 41.5 Å². The molecular weight excluding hydrogens is 340 g/mol. The molecule has 0 radical (unpaired) electrons. The molecule has 0 aliphatic carbocycles. The quantitative estimate of drug-likeness (QED) is 0.661. The van der Waals surface area contributed by atoms with Crippen molar-refractivity contribution in [2.75, 3.05) is 5.32 Å². The summed E-state index contributed by atoms with van der Waals surface area (Å²) in [5.74, 6) is -0.0322. The van der Waals surface area contributed by atoms with E-state index < -0.39 is 0 Å². The molecule has 1 amide bonds. The van der Waals surface area contributed by atoms with Crippen molar-refractivity contribution in [2.45, 2.75) is 41.0 Å². The third-order valence-electron chi connectivity index (χ3n) is 4.53. The summed E-state index contributed by atoms with van der Waals surface area (Å²) in [7, 11) is 0. The van der Waals surface area contributed by atoms with E-state index >= 15 is 0 Å². The Bertz CT molecular complexity index is 949. The van der Waals surface area contributed by atoms with E-state index in [0.29, 0.717) is 11.6 Å². The second-order valence-electron chi connectivity index (χ2n) is 6.97. The van der Waals surface area contributed by atoms with Gasteiger partial charge >= 0.3 is 0 Å². The number of aromatic nitrogens is 1. The Morgan fingerprint density at radius 1 is 0.962 bits per heavy atom. The van der Waals surface area contributed by atoms with Crippen molar-refractivity contribution in [3.8, 4) is 11.3 Å². The van der Waals surface area contributed by atoms with E-state index in [4.69, 9.17) is 0 Å². The van der Waals surface area contributed by atoms with Gasteiger partial charge in [-0.3, -0.25) is 4.79 Å². The van der Waals surface area contributed by atoms with Crippen LogP contribution < -0.4 is 5.32 Å². The van der Waals surface area contributed by atoms with Gasteiger partial charge in [-0.05, 0) is 56.9 Å². The van der Waals surface area contributed by atoms with E-state index in [-0.39, 0.29) is 5.91 Å². The monoisotopic (exact) mass is 364 g/mol. The molecule has 0 aliphatic heterocycles. The second kappa shape index (κ2) is 7.42. The number of carbonyl (C=O) groups is 1. The van der Waals surface area contributed by atoms with Gasteiger partial charge in [0.2, 0.25) is 5.91 Å². The van der Waals surface area contributed by atoms with Crippen molar-refractivity contribution in [1.82, 2.24) is 4.98 Å². The molecule has 0 saturated carbocycles. The van der Waals surface area contributed by atoms with Crippen LogP contribution in [0.3, 0.4) is 0 Å². The number of nitrogens with one attached hydrogen (secondary N) is 1. The lowest BCUT2D eigenvalue weighted by Gasteiger charge is -2.09. The van der Waals surface area contributed by atoms with E-state index in [2.05, 4.69) is 56.2 Å². The van der Waals surface area contributed by atoms with Crippen LogP contribution in [0, 0.1) is 34.6 Å². The lowest BCUT2D eigenvalue weighted by molar-refractivity contribution is -0.115. The lowest BCUT2D eigenvalue weighted by atomic mass is 9.98. The molecule has 4 heteroatoms. The van der Waals surface area contributed by atoms with E-state index in [1.807, 2.05) is 24.4 Å². The van der Waals surface area contributed by atoms with Crippen molar-refractivity contribution in [2.24, 2.45) is 0 Å². The van der Waals surface area contributed by atoms with Gasteiger partial charge in [-0.25, -0.2) is 4.98 Å². The summed E-state index contributed by atoms with van der Waals surface area (Å²) < 4.78 is 0. The number of aryl methyl sites for hydroxylation is 5. The highest BCUT2D eigenvalue weighted by Crippen LogP contribution is 2.31. The molecule has 0 spiro atoms. The predicted octanol–water partition coefficient (Wildman–Crippen LogP) is 5.53. The normalized spacial score (nSPS) is 10.8. The highest BCUT2D eigenvalue weighted by Gasteiger charge is 2.13. The Hall–Kier alpha value is -2.46. The van der Waals surface area contributed by atoms with Crippen LogP contribution in [-0.4, -0.2) is 10.9 Å². The summed E-state index contributed by atoms with van der Waals surface area (Å²) in [4.78, 5) is 17.0. The first-order chi connectivity index (χ1) is 12.3. The second-order valence-corrected chi connectivity index (χ2v) is 7.82. The van der Waals surface area contributed by atoms with Gasteiger partial charge in [0.1, 0.15) is 0 Å². The molecule has 0 aliphatic rings. The summed E-state index contributed by atoms with van der Waals surface area (Å²) in [5.41, 5.74) is 9.15. The number of hydrogen-bond donors (Lipinski definition) is 1. The van der Waals surface area contributed by atoms with Gasteiger partial charge in [0.25, 0.3) is 0 Å². The minimum Gasteiger partial charge on any atom is -0.302 e. The van der Waals surface area contributed by atoms with Gasteiger partial charge in [-0.15, -0.1) is 11.3 Å². The SMILES string of the molecule is Cc1ccc(CC(=O)Nc2nc(-c3c(C)cc(C)cc3C)cs2)c(C)c1. The first kappa shape index (κ1) is 18.3. The topological polar surface area (TPSA) is 42.0 Å². The van der Waals surface area contributed by atoms with Gasteiger partial charge in [-0.2, -0.15) is 0 Å². The maximum Gasteiger partial charge on any atom is 0.230 e. The van der Waals surface area contributed by atoms with Crippen molar-refractivity contribution in [3.63, 3.8) is 0 Å². The van der Waals surface area contributed by atoms with E-state index in [1.165, 1.54) is 33.6 Å². The zero-order chi connectivity index (χ0) is 18.8. The summed E-state index contributed by atoms with van der Waals surface area (Å²) in [6, 6.07) is 10.5. The third-order valence-corrected chi connectivity index (χ3v) is 5.29.